The van der Waals surface area contributed by atoms with Crippen LogP contribution >= 0.6 is 34.8 Å². The number of fused-ring (bicyclic) bond motifs is 2. The molecule has 1 amide bonds. The number of nitro groups is 1. The molecule has 0 saturated carbocycles. The van der Waals surface area contributed by atoms with E-state index >= 15 is 0 Å². The van der Waals surface area contributed by atoms with Crippen LogP contribution in [0.1, 0.15) is 29.5 Å². The van der Waals surface area contributed by atoms with Crippen LogP contribution in [0.2, 0.25) is 15.1 Å². The number of nitrogens with zero attached hydrogens (tertiary/aromatic N) is 1. The highest BCUT2D eigenvalue weighted by Gasteiger charge is 2.67. The Kier molecular flexibility index (Phi) is 6.13. The molecule has 0 unspecified atom stereocenters. The van der Waals surface area contributed by atoms with E-state index in [9.17, 15) is 14.9 Å². The predicted octanol–water partition coefficient (Wildman–Crippen LogP) is 5.79. The standard InChI is InChI=1S/C25H20Cl3N3O4/c1-13-21(23(31(33)34)25(30-13)17-4-2-3-5-20(17)29-24(25)32)15-10-18(27)22(19(28)11-15)35-12-14-6-8-16(26)9-7-14/h2-11,13,21,23,30H,12H2,1H3,(H,29,32)/t13-,21-,23+,25-/m0/s1. The summed E-state index contributed by atoms with van der Waals surface area (Å²) in [7, 11) is 0. The van der Waals surface area contributed by atoms with Crippen molar-refractivity contribution in [2.75, 3.05) is 5.32 Å². The van der Waals surface area contributed by atoms with Gasteiger partial charge in [0.1, 0.15) is 6.61 Å². The number of anilines is 1. The SMILES string of the molecule is C[C@@H]1N[C@]2(C(=O)Nc3ccccc32)[C@H]([N+](=O)[O-])[C@@H]1c1cc(Cl)c(OCc2ccc(Cl)cc2)c(Cl)c1. The number of hydrogen-bond donors (Lipinski definition) is 2. The highest BCUT2D eigenvalue weighted by atomic mass is 35.5. The third-order valence-electron chi connectivity index (χ3n) is 6.67. The summed E-state index contributed by atoms with van der Waals surface area (Å²) in [5, 5.41) is 19.6. The fourth-order valence-corrected chi connectivity index (χ4v) is 5.94. The monoisotopic (exact) mass is 531 g/mol. The van der Waals surface area contributed by atoms with Gasteiger partial charge in [-0.1, -0.05) is 65.1 Å². The van der Waals surface area contributed by atoms with Crippen molar-refractivity contribution in [3.63, 3.8) is 0 Å². The third-order valence-corrected chi connectivity index (χ3v) is 7.48. The molecule has 1 saturated heterocycles. The molecule has 0 aromatic heterocycles. The van der Waals surface area contributed by atoms with Crippen molar-refractivity contribution in [3.8, 4) is 5.75 Å². The minimum absolute atomic E-state index is 0.217. The molecule has 3 aromatic rings. The van der Waals surface area contributed by atoms with Gasteiger partial charge in [-0.3, -0.25) is 20.2 Å². The van der Waals surface area contributed by atoms with Crippen LogP contribution in [0.25, 0.3) is 0 Å². The lowest BCUT2D eigenvalue weighted by Gasteiger charge is -2.25. The van der Waals surface area contributed by atoms with Crippen LogP contribution in [-0.2, 0) is 16.9 Å². The van der Waals surface area contributed by atoms with Gasteiger partial charge in [0.15, 0.2) is 11.3 Å². The Morgan fingerprint density at radius 3 is 2.37 bits per heavy atom. The molecule has 1 spiro atoms. The number of hydrogen-bond acceptors (Lipinski definition) is 5. The summed E-state index contributed by atoms with van der Waals surface area (Å²) in [6.45, 7) is 2.03. The Labute approximate surface area is 216 Å². The number of ether oxygens (including phenoxy) is 1. The first-order chi connectivity index (χ1) is 16.7. The maximum absolute atomic E-state index is 13.2. The number of benzene rings is 3. The number of nitrogens with one attached hydrogen (secondary N) is 2. The molecule has 3 aromatic carbocycles. The zero-order valence-electron chi connectivity index (χ0n) is 18.4. The van der Waals surface area contributed by atoms with Gasteiger partial charge < -0.3 is 10.1 Å². The van der Waals surface area contributed by atoms with Crippen molar-refractivity contribution in [1.82, 2.24) is 5.32 Å². The lowest BCUT2D eigenvalue weighted by atomic mass is 9.78. The number of amides is 1. The predicted molar refractivity (Wildman–Crippen MR) is 135 cm³/mol. The van der Waals surface area contributed by atoms with Crippen molar-refractivity contribution in [3.05, 3.63) is 103 Å². The minimum atomic E-state index is -1.51. The van der Waals surface area contributed by atoms with Gasteiger partial charge in [-0.05, 0) is 48.4 Å². The van der Waals surface area contributed by atoms with Gasteiger partial charge >= 0.3 is 0 Å². The van der Waals surface area contributed by atoms with Crippen LogP contribution in [0.15, 0.2) is 60.7 Å². The van der Waals surface area contributed by atoms with Gasteiger partial charge in [-0.25, -0.2) is 0 Å². The normalized spacial score (nSPS) is 24.9. The fraction of sp³-hybridized carbons (Fsp3) is 0.240. The molecule has 35 heavy (non-hydrogen) atoms. The van der Waals surface area contributed by atoms with Gasteiger partial charge in [0.2, 0.25) is 0 Å². The second-order valence-corrected chi connectivity index (χ2v) is 9.98. The quantitative estimate of drug-likeness (QED) is 0.320. The van der Waals surface area contributed by atoms with Crippen molar-refractivity contribution < 1.29 is 14.5 Å². The molecule has 0 bridgehead atoms. The van der Waals surface area contributed by atoms with Crippen LogP contribution < -0.4 is 15.4 Å². The number of para-hydroxylation sites is 1. The van der Waals surface area contributed by atoms with E-state index in [-0.39, 0.29) is 22.4 Å². The van der Waals surface area contributed by atoms with Gasteiger partial charge in [-0.2, -0.15) is 0 Å². The lowest BCUT2D eigenvalue weighted by Crippen LogP contribution is -2.54. The average molecular weight is 533 g/mol. The summed E-state index contributed by atoms with van der Waals surface area (Å²) >= 11 is 19.0. The first-order valence-electron chi connectivity index (χ1n) is 10.9. The number of carbonyl (C=O) groups is 1. The lowest BCUT2D eigenvalue weighted by molar-refractivity contribution is -0.532. The van der Waals surface area contributed by atoms with E-state index in [1.165, 1.54) is 0 Å². The summed E-state index contributed by atoms with van der Waals surface area (Å²) in [5.74, 6) is -0.848. The minimum Gasteiger partial charge on any atom is -0.486 e. The van der Waals surface area contributed by atoms with Crippen molar-refractivity contribution in [2.24, 2.45) is 0 Å². The van der Waals surface area contributed by atoms with Crippen LogP contribution in [0.3, 0.4) is 0 Å². The molecule has 2 N–H and O–H groups in total. The molecule has 10 heteroatoms. The summed E-state index contributed by atoms with van der Waals surface area (Å²) in [4.78, 5) is 25.2. The van der Waals surface area contributed by atoms with E-state index in [1.54, 1.807) is 48.5 Å². The van der Waals surface area contributed by atoms with Gasteiger partial charge in [0.05, 0.1) is 16.0 Å². The summed E-state index contributed by atoms with van der Waals surface area (Å²) in [5.41, 5.74) is 1.04. The largest absolute Gasteiger partial charge is 0.486 e. The van der Waals surface area contributed by atoms with Crippen LogP contribution in [0, 0.1) is 10.1 Å². The van der Waals surface area contributed by atoms with E-state index in [1.807, 2.05) is 19.1 Å². The maximum atomic E-state index is 13.2. The van der Waals surface area contributed by atoms with Crippen molar-refractivity contribution in [1.29, 1.82) is 0 Å². The Bertz CT molecular complexity index is 1310. The Morgan fingerprint density at radius 2 is 1.71 bits per heavy atom. The molecule has 5 rings (SSSR count). The number of rotatable bonds is 5. The summed E-state index contributed by atoms with van der Waals surface area (Å²) < 4.78 is 5.85. The Balaban J connectivity index is 1.50. The fourth-order valence-electron chi connectivity index (χ4n) is 5.20. The molecule has 180 valence electrons. The van der Waals surface area contributed by atoms with Crippen LogP contribution in [-0.4, -0.2) is 22.9 Å². The zero-order valence-corrected chi connectivity index (χ0v) is 20.7. The molecule has 2 aliphatic heterocycles. The zero-order chi connectivity index (χ0) is 24.9. The molecule has 2 heterocycles. The second kappa shape index (κ2) is 8.99. The topological polar surface area (TPSA) is 93.5 Å². The average Bonchev–Trinajstić information content (AvgIpc) is 3.28. The Hall–Kier alpha value is -2.84. The summed E-state index contributed by atoms with van der Waals surface area (Å²) in [6.07, 6.45) is 0. The van der Waals surface area contributed by atoms with Crippen LogP contribution in [0.4, 0.5) is 5.69 Å². The molecule has 7 nitrogen and oxygen atoms in total. The third kappa shape index (κ3) is 3.93. The van der Waals surface area contributed by atoms with E-state index in [2.05, 4.69) is 10.6 Å². The van der Waals surface area contributed by atoms with Gasteiger partial charge in [-0.15, -0.1) is 0 Å². The molecule has 0 aliphatic carbocycles. The van der Waals surface area contributed by atoms with E-state index in [0.717, 1.165) is 5.56 Å². The highest BCUT2D eigenvalue weighted by Crippen LogP contribution is 2.50. The van der Waals surface area contributed by atoms with E-state index in [0.29, 0.717) is 21.8 Å². The molecule has 0 radical (unpaired) electrons. The van der Waals surface area contributed by atoms with Crippen molar-refractivity contribution in [2.45, 2.75) is 37.1 Å². The Morgan fingerprint density at radius 1 is 1.06 bits per heavy atom. The van der Waals surface area contributed by atoms with E-state index < -0.39 is 34.4 Å². The first kappa shape index (κ1) is 23.9. The maximum Gasteiger partial charge on any atom is 0.256 e. The van der Waals surface area contributed by atoms with Gasteiger partial charge in [0.25, 0.3) is 11.9 Å². The highest BCUT2D eigenvalue weighted by molar-refractivity contribution is 6.37. The molecule has 1 fully saturated rings. The summed E-state index contributed by atoms with van der Waals surface area (Å²) in [6, 6.07) is 15.7. The number of halogens is 3. The first-order valence-corrected chi connectivity index (χ1v) is 12.0. The molecular weight excluding hydrogens is 513 g/mol. The van der Waals surface area contributed by atoms with Crippen molar-refractivity contribution >= 4 is 46.4 Å². The van der Waals surface area contributed by atoms with Gasteiger partial charge in [0, 0.05) is 27.2 Å². The van der Waals surface area contributed by atoms with Crippen LogP contribution in [0.5, 0.6) is 5.75 Å². The smallest absolute Gasteiger partial charge is 0.256 e. The second-order valence-electron chi connectivity index (χ2n) is 8.73. The molecular formula is C25H20Cl3N3O4. The number of carbonyl (C=O) groups excluding carboxylic acids is 1. The molecule has 2 aliphatic rings. The molecule has 4 atom stereocenters. The van der Waals surface area contributed by atoms with E-state index in [4.69, 9.17) is 39.5 Å².